The number of carbonyl (C=O) groups is 2. The Kier molecular flexibility index (Phi) is 4.34. The predicted molar refractivity (Wildman–Crippen MR) is 53.8 cm³/mol. The quantitative estimate of drug-likeness (QED) is 0.671. The summed E-state index contributed by atoms with van der Waals surface area (Å²) in [6.45, 7) is 6.97. The highest BCUT2D eigenvalue weighted by molar-refractivity contribution is 6.01. The topological polar surface area (TPSA) is 57.6 Å². The minimum atomic E-state index is -1.14. The molecule has 0 fully saturated rings. The molecule has 0 aromatic rings. The molecule has 0 bridgehead atoms. The van der Waals surface area contributed by atoms with Gasteiger partial charge in [-0.2, -0.15) is 0 Å². The average Bonchev–Trinajstić information content (AvgIpc) is 2.03. The van der Waals surface area contributed by atoms with Crippen molar-refractivity contribution in [2.75, 3.05) is 14.1 Å². The Morgan fingerprint density at radius 2 is 1.71 bits per heavy atom. The summed E-state index contributed by atoms with van der Waals surface area (Å²) in [6, 6.07) is 0. The van der Waals surface area contributed by atoms with Crippen LogP contribution in [0.15, 0.2) is 12.3 Å². The number of carboxylic acids is 1. The number of hydrogen-bond donors (Lipinski definition) is 1. The Labute approximate surface area is 84.2 Å². The SMILES string of the molecule is C=C(C(C(=O)O)C(=O)C(C)C)N(C)C. The van der Waals surface area contributed by atoms with Crippen LogP contribution in [0.5, 0.6) is 0 Å². The van der Waals surface area contributed by atoms with E-state index < -0.39 is 11.9 Å². The molecule has 14 heavy (non-hydrogen) atoms. The van der Waals surface area contributed by atoms with Crippen molar-refractivity contribution in [3.05, 3.63) is 12.3 Å². The second-order valence-corrected chi connectivity index (χ2v) is 3.71. The first-order valence-corrected chi connectivity index (χ1v) is 4.41. The number of carboxylic acid groups (broad SMARTS) is 1. The van der Waals surface area contributed by atoms with Gasteiger partial charge < -0.3 is 10.0 Å². The van der Waals surface area contributed by atoms with Crippen LogP contribution >= 0.6 is 0 Å². The first-order valence-electron chi connectivity index (χ1n) is 4.41. The molecule has 0 heterocycles. The number of carbonyl (C=O) groups excluding carboxylic acids is 1. The summed E-state index contributed by atoms with van der Waals surface area (Å²) < 4.78 is 0. The van der Waals surface area contributed by atoms with Gasteiger partial charge in [0.25, 0.3) is 0 Å². The fourth-order valence-electron chi connectivity index (χ4n) is 1.02. The molecule has 0 spiro atoms. The number of rotatable bonds is 5. The third-order valence-corrected chi connectivity index (χ3v) is 2.01. The summed E-state index contributed by atoms with van der Waals surface area (Å²) in [6.07, 6.45) is 0. The third-order valence-electron chi connectivity index (χ3n) is 2.01. The van der Waals surface area contributed by atoms with Gasteiger partial charge in [0, 0.05) is 25.7 Å². The lowest BCUT2D eigenvalue weighted by Gasteiger charge is -2.22. The Morgan fingerprint density at radius 1 is 1.29 bits per heavy atom. The van der Waals surface area contributed by atoms with Gasteiger partial charge in [0.05, 0.1) is 0 Å². The van der Waals surface area contributed by atoms with E-state index >= 15 is 0 Å². The van der Waals surface area contributed by atoms with Crippen molar-refractivity contribution < 1.29 is 14.7 Å². The van der Waals surface area contributed by atoms with Crippen molar-refractivity contribution in [2.24, 2.45) is 11.8 Å². The molecule has 1 N–H and O–H groups in total. The van der Waals surface area contributed by atoms with Crippen LogP contribution in [0.4, 0.5) is 0 Å². The van der Waals surface area contributed by atoms with E-state index in [0.717, 1.165) is 0 Å². The van der Waals surface area contributed by atoms with Gasteiger partial charge in [0.2, 0.25) is 0 Å². The Hall–Kier alpha value is -1.32. The number of aliphatic carboxylic acids is 1. The van der Waals surface area contributed by atoms with E-state index in [9.17, 15) is 9.59 Å². The molecule has 1 atom stereocenters. The maximum Gasteiger partial charge on any atom is 0.320 e. The molecular weight excluding hydrogens is 182 g/mol. The molecule has 0 rings (SSSR count). The van der Waals surface area contributed by atoms with Crippen LogP contribution in [-0.4, -0.2) is 35.9 Å². The molecule has 0 amide bonds. The molecule has 0 aromatic carbocycles. The number of nitrogens with zero attached hydrogens (tertiary/aromatic N) is 1. The Morgan fingerprint density at radius 3 is 1.93 bits per heavy atom. The molecule has 0 aliphatic rings. The van der Waals surface area contributed by atoms with Crippen molar-refractivity contribution in [3.8, 4) is 0 Å². The molecule has 0 aliphatic carbocycles. The van der Waals surface area contributed by atoms with Gasteiger partial charge in [0.15, 0.2) is 11.7 Å². The number of ketones is 1. The minimum absolute atomic E-state index is 0.298. The summed E-state index contributed by atoms with van der Waals surface area (Å²) in [5.74, 6) is -2.86. The van der Waals surface area contributed by atoms with E-state index in [0.29, 0.717) is 5.70 Å². The zero-order chi connectivity index (χ0) is 11.5. The van der Waals surface area contributed by atoms with Crippen molar-refractivity contribution in [2.45, 2.75) is 13.8 Å². The standard InChI is InChI=1S/C10H17NO3/c1-6(2)9(12)8(10(13)14)7(3)11(4)5/h6,8H,3H2,1-2,4-5H3,(H,13,14). The van der Waals surface area contributed by atoms with Crippen molar-refractivity contribution in [1.82, 2.24) is 4.90 Å². The maximum atomic E-state index is 11.6. The van der Waals surface area contributed by atoms with Gasteiger partial charge in [0.1, 0.15) is 0 Å². The molecule has 0 saturated heterocycles. The van der Waals surface area contributed by atoms with E-state index in [-0.39, 0.29) is 11.7 Å². The van der Waals surface area contributed by atoms with Gasteiger partial charge in [-0.05, 0) is 0 Å². The molecule has 0 saturated carbocycles. The molecular formula is C10H17NO3. The highest BCUT2D eigenvalue weighted by atomic mass is 16.4. The summed E-state index contributed by atoms with van der Waals surface area (Å²) in [5, 5.41) is 8.90. The van der Waals surface area contributed by atoms with Crippen molar-refractivity contribution in [1.29, 1.82) is 0 Å². The van der Waals surface area contributed by atoms with E-state index in [4.69, 9.17) is 5.11 Å². The summed E-state index contributed by atoms with van der Waals surface area (Å²) in [5.41, 5.74) is 0.316. The van der Waals surface area contributed by atoms with E-state index in [2.05, 4.69) is 6.58 Å². The van der Waals surface area contributed by atoms with Crippen LogP contribution in [0.3, 0.4) is 0 Å². The minimum Gasteiger partial charge on any atom is -0.480 e. The van der Waals surface area contributed by atoms with Crippen LogP contribution in [0, 0.1) is 11.8 Å². The van der Waals surface area contributed by atoms with Crippen molar-refractivity contribution >= 4 is 11.8 Å². The number of hydrogen-bond acceptors (Lipinski definition) is 3. The lowest BCUT2D eigenvalue weighted by molar-refractivity contribution is -0.146. The van der Waals surface area contributed by atoms with Gasteiger partial charge in [-0.3, -0.25) is 9.59 Å². The highest BCUT2D eigenvalue weighted by Gasteiger charge is 2.31. The molecule has 4 nitrogen and oxygen atoms in total. The third kappa shape index (κ3) is 2.87. The normalized spacial score (nSPS) is 12.4. The zero-order valence-electron chi connectivity index (χ0n) is 9.07. The lowest BCUT2D eigenvalue weighted by atomic mass is 9.92. The number of Topliss-reactive ketones (excluding diaryl/α,β-unsaturated/α-hetero) is 1. The largest absolute Gasteiger partial charge is 0.480 e. The van der Waals surface area contributed by atoms with Crippen LogP contribution in [0.25, 0.3) is 0 Å². The molecule has 4 heteroatoms. The fourth-order valence-corrected chi connectivity index (χ4v) is 1.02. The first kappa shape index (κ1) is 12.7. The van der Waals surface area contributed by atoms with Gasteiger partial charge >= 0.3 is 5.97 Å². The average molecular weight is 199 g/mol. The van der Waals surface area contributed by atoms with Crippen molar-refractivity contribution in [3.63, 3.8) is 0 Å². The second kappa shape index (κ2) is 4.79. The monoisotopic (exact) mass is 199 g/mol. The van der Waals surface area contributed by atoms with E-state index in [1.165, 1.54) is 0 Å². The smallest absolute Gasteiger partial charge is 0.320 e. The summed E-state index contributed by atoms with van der Waals surface area (Å²) in [7, 11) is 3.34. The Balaban J connectivity index is 4.88. The van der Waals surface area contributed by atoms with E-state index in [1.54, 1.807) is 32.8 Å². The molecule has 80 valence electrons. The van der Waals surface area contributed by atoms with Crippen LogP contribution in [0.2, 0.25) is 0 Å². The lowest BCUT2D eigenvalue weighted by Crippen LogP contribution is -2.33. The Bertz CT molecular complexity index is 236. The van der Waals surface area contributed by atoms with Gasteiger partial charge in [-0.15, -0.1) is 0 Å². The van der Waals surface area contributed by atoms with E-state index in [1.807, 2.05) is 0 Å². The highest BCUT2D eigenvalue weighted by Crippen LogP contribution is 2.17. The van der Waals surface area contributed by atoms with Gasteiger partial charge in [-0.25, -0.2) is 0 Å². The first-order chi connectivity index (χ1) is 6.29. The fraction of sp³-hybridized carbons (Fsp3) is 0.600. The maximum absolute atomic E-state index is 11.6. The molecule has 0 aromatic heterocycles. The predicted octanol–water partition coefficient (Wildman–Crippen LogP) is 0.988. The molecule has 0 aliphatic heterocycles. The summed E-state index contributed by atoms with van der Waals surface area (Å²) >= 11 is 0. The van der Waals surface area contributed by atoms with Crippen LogP contribution in [-0.2, 0) is 9.59 Å². The van der Waals surface area contributed by atoms with Crippen LogP contribution in [0.1, 0.15) is 13.8 Å². The zero-order valence-corrected chi connectivity index (χ0v) is 9.07. The van der Waals surface area contributed by atoms with Crippen LogP contribution < -0.4 is 0 Å². The molecule has 0 radical (unpaired) electrons. The van der Waals surface area contributed by atoms with Gasteiger partial charge in [-0.1, -0.05) is 20.4 Å². The summed E-state index contributed by atoms with van der Waals surface area (Å²) in [4.78, 5) is 24.0. The molecule has 1 unspecified atom stereocenters. The second-order valence-electron chi connectivity index (χ2n) is 3.71.